The Morgan fingerprint density at radius 2 is 1.88 bits per heavy atom. The first-order valence-corrected chi connectivity index (χ1v) is 10.5. The van der Waals surface area contributed by atoms with Gasteiger partial charge in [-0.3, -0.25) is 4.99 Å². The van der Waals surface area contributed by atoms with Gasteiger partial charge in [-0.25, -0.2) is 12.7 Å². The van der Waals surface area contributed by atoms with E-state index in [0.717, 1.165) is 23.3 Å². The van der Waals surface area contributed by atoms with Crippen LogP contribution in [0.1, 0.15) is 25.3 Å². The molecule has 0 saturated carbocycles. The number of sulfonamides is 1. The summed E-state index contributed by atoms with van der Waals surface area (Å²) in [6.45, 7) is 3.51. The Labute approximate surface area is 176 Å². The van der Waals surface area contributed by atoms with E-state index in [4.69, 9.17) is 0 Å². The first kappa shape index (κ1) is 22.7. The molecule has 0 spiro atoms. The Bertz CT molecular complexity index is 659. The third kappa shape index (κ3) is 7.03. The minimum Gasteiger partial charge on any atom is -0.354 e. The summed E-state index contributed by atoms with van der Waals surface area (Å²) >= 11 is 3.43. The maximum Gasteiger partial charge on any atom is 0.213 e. The smallest absolute Gasteiger partial charge is 0.213 e. The molecule has 0 aromatic heterocycles. The van der Waals surface area contributed by atoms with Gasteiger partial charge in [-0.05, 0) is 37.5 Å². The highest BCUT2D eigenvalue weighted by Gasteiger charge is 2.26. The molecular formula is C16H26BrIN4O2S. The zero-order valence-electron chi connectivity index (χ0n) is 14.5. The van der Waals surface area contributed by atoms with Crippen LogP contribution in [0.25, 0.3) is 0 Å². The number of rotatable bonds is 5. The molecule has 6 nitrogen and oxygen atoms in total. The van der Waals surface area contributed by atoms with Gasteiger partial charge in [0.05, 0.1) is 5.75 Å². The highest BCUT2D eigenvalue weighted by atomic mass is 127. The van der Waals surface area contributed by atoms with E-state index in [9.17, 15) is 8.42 Å². The van der Waals surface area contributed by atoms with Gasteiger partial charge in [0.25, 0.3) is 0 Å². The number of hydrogen-bond donors (Lipinski definition) is 2. The Morgan fingerprint density at radius 1 is 1.28 bits per heavy atom. The van der Waals surface area contributed by atoms with Crippen molar-refractivity contribution in [2.75, 3.05) is 25.9 Å². The second-order valence-electron chi connectivity index (χ2n) is 5.77. The van der Waals surface area contributed by atoms with Crippen LogP contribution in [-0.4, -0.2) is 50.6 Å². The summed E-state index contributed by atoms with van der Waals surface area (Å²) in [5.41, 5.74) is 1.17. The summed E-state index contributed by atoms with van der Waals surface area (Å²) in [6.07, 6.45) is 1.58. The fourth-order valence-electron chi connectivity index (χ4n) is 2.64. The fourth-order valence-corrected chi connectivity index (χ4v) is 4.03. The van der Waals surface area contributed by atoms with Gasteiger partial charge in [0.15, 0.2) is 5.96 Å². The van der Waals surface area contributed by atoms with Gasteiger partial charge < -0.3 is 10.6 Å². The second kappa shape index (κ2) is 10.7. The molecule has 0 radical (unpaired) electrons. The Hall–Kier alpha value is -0.390. The van der Waals surface area contributed by atoms with Crippen molar-refractivity contribution in [3.8, 4) is 0 Å². The van der Waals surface area contributed by atoms with Crippen molar-refractivity contribution in [1.82, 2.24) is 14.9 Å². The quantitative estimate of drug-likeness (QED) is 0.339. The van der Waals surface area contributed by atoms with Crippen LogP contribution >= 0.6 is 39.9 Å². The number of benzene rings is 1. The summed E-state index contributed by atoms with van der Waals surface area (Å²) in [5, 5.41) is 6.68. The van der Waals surface area contributed by atoms with Crippen molar-refractivity contribution in [2.45, 2.75) is 32.4 Å². The molecule has 25 heavy (non-hydrogen) atoms. The molecule has 1 fully saturated rings. The predicted octanol–water partition coefficient (Wildman–Crippen LogP) is 2.55. The third-order valence-electron chi connectivity index (χ3n) is 4.15. The molecule has 2 N–H and O–H groups in total. The van der Waals surface area contributed by atoms with Crippen molar-refractivity contribution in [3.05, 3.63) is 34.3 Å². The Kier molecular flexibility index (Phi) is 9.68. The number of nitrogens with one attached hydrogen (secondary N) is 2. The molecule has 142 valence electrons. The Balaban J connectivity index is 0.00000312. The molecule has 1 aromatic carbocycles. The van der Waals surface area contributed by atoms with E-state index in [-0.39, 0.29) is 35.8 Å². The Morgan fingerprint density at radius 3 is 2.40 bits per heavy atom. The summed E-state index contributed by atoms with van der Waals surface area (Å²) in [4.78, 5) is 4.25. The zero-order valence-corrected chi connectivity index (χ0v) is 19.3. The normalized spacial score (nSPS) is 17.0. The molecule has 9 heteroatoms. The molecule has 1 heterocycles. The summed E-state index contributed by atoms with van der Waals surface area (Å²) in [7, 11) is -1.33. The number of guanidine groups is 1. The van der Waals surface area contributed by atoms with E-state index in [1.807, 2.05) is 12.1 Å². The summed E-state index contributed by atoms with van der Waals surface area (Å²) in [6, 6.07) is 8.37. The first-order chi connectivity index (χ1) is 11.4. The van der Waals surface area contributed by atoms with Crippen LogP contribution < -0.4 is 10.6 Å². The minimum atomic E-state index is -3.07. The van der Waals surface area contributed by atoms with Gasteiger partial charge in [0.1, 0.15) is 0 Å². The molecule has 1 saturated heterocycles. The van der Waals surface area contributed by atoms with Gasteiger partial charge in [0, 0.05) is 37.2 Å². The lowest BCUT2D eigenvalue weighted by Gasteiger charge is -2.32. The lowest BCUT2D eigenvalue weighted by molar-refractivity contribution is 0.306. The van der Waals surface area contributed by atoms with E-state index in [0.29, 0.717) is 19.6 Å². The van der Waals surface area contributed by atoms with Crippen LogP contribution in [0, 0.1) is 0 Å². The lowest BCUT2D eigenvalue weighted by atomic mass is 10.1. The van der Waals surface area contributed by atoms with E-state index in [2.05, 4.69) is 43.7 Å². The highest BCUT2D eigenvalue weighted by Crippen LogP contribution is 2.14. The third-order valence-corrected chi connectivity index (χ3v) is 6.56. The molecule has 0 unspecified atom stereocenters. The second-order valence-corrected chi connectivity index (χ2v) is 8.94. The van der Waals surface area contributed by atoms with Crippen LogP contribution in [0.2, 0.25) is 0 Å². The minimum absolute atomic E-state index is 0. The van der Waals surface area contributed by atoms with Crippen molar-refractivity contribution in [2.24, 2.45) is 4.99 Å². The number of nitrogens with zero attached hydrogens (tertiary/aromatic N) is 2. The molecule has 1 aromatic rings. The topological polar surface area (TPSA) is 73.8 Å². The number of hydrogen-bond acceptors (Lipinski definition) is 3. The van der Waals surface area contributed by atoms with E-state index in [1.54, 1.807) is 18.3 Å². The molecule has 0 atom stereocenters. The fraction of sp³-hybridized carbons (Fsp3) is 0.562. The lowest BCUT2D eigenvalue weighted by Crippen LogP contribution is -2.49. The van der Waals surface area contributed by atoms with E-state index < -0.39 is 10.0 Å². The molecule has 1 aliphatic rings. The molecule has 0 bridgehead atoms. The monoisotopic (exact) mass is 544 g/mol. The largest absolute Gasteiger partial charge is 0.354 e. The van der Waals surface area contributed by atoms with Crippen molar-refractivity contribution >= 4 is 55.9 Å². The maximum absolute atomic E-state index is 11.9. The van der Waals surface area contributed by atoms with Gasteiger partial charge in [-0.2, -0.15) is 0 Å². The van der Waals surface area contributed by atoms with Crippen molar-refractivity contribution in [3.63, 3.8) is 0 Å². The maximum atomic E-state index is 11.9. The van der Waals surface area contributed by atoms with Gasteiger partial charge in [-0.1, -0.05) is 28.1 Å². The predicted molar refractivity (Wildman–Crippen MR) is 117 cm³/mol. The molecule has 0 amide bonds. The van der Waals surface area contributed by atoms with Crippen LogP contribution in [-0.2, 0) is 16.6 Å². The van der Waals surface area contributed by atoms with Gasteiger partial charge in [0.2, 0.25) is 10.0 Å². The number of piperidine rings is 1. The zero-order chi connectivity index (χ0) is 17.6. The molecule has 2 rings (SSSR count). The van der Waals surface area contributed by atoms with Gasteiger partial charge >= 0.3 is 0 Å². The average Bonchev–Trinajstić information content (AvgIpc) is 2.60. The van der Waals surface area contributed by atoms with Crippen molar-refractivity contribution < 1.29 is 8.42 Å². The first-order valence-electron chi connectivity index (χ1n) is 8.14. The van der Waals surface area contributed by atoms with Crippen LogP contribution in [0.4, 0.5) is 0 Å². The molecule has 0 aliphatic carbocycles. The number of aliphatic imine (C=N–C) groups is 1. The van der Waals surface area contributed by atoms with Gasteiger partial charge in [-0.15, -0.1) is 24.0 Å². The van der Waals surface area contributed by atoms with Crippen LogP contribution in [0.5, 0.6) is 0 Å². The standard InChI is InChI=1S/C16H25BrN4O2S.HI/c1-3-24(22,23)21-10-8-15(9-11-21)20-16(18-2)19-12-13-4-6-14(17)7-5-13;/h4-7,15H,3,8-12H2,1-2H3,(H2,18,19,20);1H. The summed E-state index contributed by atoms with van der Waals surface area (Å²) < 4.78 is 26.4. The van der Waals surface area contributed by atoms with Crippen molar-refractivity contribution in [1.29, 1.82) is 0 Å². The highest BCUT2D eigenvalue weighted by molar-refractivity contribution is 14.0. The summed E-state index contributed by atoms with van der Waals surface area (Å²) in [5.74, 6) is 0.913. The molecular weight excluding hydrogens is 519 g/mol. The van der Waals surface area contributed by atoms with E-state index >= 15 is 0 Å². The van der Waals surface area contributed by atoms with E-state index in [1.165, 1.54) is 5.56 Å². The average molecular weight is 545 g/mol. The van der Waals surface area contributed by atoms with Crippen LogP contribution in [0.3, 0.4) is 0 Å². The SMILES string of the molecule is CCS(=O)(=O)N1CCC(NC(=NC)NCc2ccc(Br)cc2)CC1.I. The number of halogens is 2. The van der Waals surface area contributed by atoms with Crippen LogP contribution in [0.15, 0.2) is 33.7 Å². The molecule has 1 aliphatic heterocycles.